The largest absolute Gasteiger partial charge is 0.334 e. The number of amides is 2. The number of fused-ring (bicyclic) bond motifs is 1. The summed E-state index contributed by atoms with van der Waals surface area (Å²) in [6.45, 7) is 2.38. The van der Waals surface area contributed by atoms with Crippen LogP contribution in [0.25, 0.3) is 0 Å². The zero-order valence-corrected chi connectivity index (χ0v) is 17.4. The lowest BCUT2D eigenvalue weighted by molar-refractivity contribution is -0.119. The molecule has 0 fully saturated rings. The lowest BCUT2D eigenvalue weighted by Crippen LogP contribution is -2.36. The number of rotatable bonds is 5. The lowest BCUT2D eigenvalue weighted by Gasteiger charge is -2.30. The predicted octanol–water partition coefficient (Wildman–Crippen LogP) is 3.07. The highest BCUT2D eigenvalue weighted by molar-refractivity contribution is 5.95. The van der Waals surface area contributed by atoms with Crippen LogP contribution in [0.2, 0.25) is 0 Å². The zero-order valence-electron chi connectivity index (χ0n) is 17.4. The summed E-state index contributed by atoms with van der Waals surface area (Å²) < 4.78 is 13.3. The molecule has 3 heterocycles. The second-order valence-electron chi connectivity index (χ2n) is 7.54. The summed E-state index contributed by atoms with van der Waals surface area (Å²) in [5.74, 6) is 0.461. The molecule has 7 nitrogen and oxygen atoms in total. The molecule has 0 atom stereocenters. The fourth-order valence-electron chi connectivity index (χ4n) is 3.64. The van der Waals surface area contributed by atoms with E-state index in [0.29, 0.717) is 36.6 Å². The number of anilines is 1. The summed E-state index contributed by atoms with van der Waals surface area (Å²) in [6.07, 6.45) is 4.07. The maximum Gasteiger partial charge on any atom is 0.255 e. The Hall–Kier alpha value is -3.68. The number of hydrogen-bond acceptors (Lipinski definition) is 5. The number of carbonyl (C=O) groups is 2. The van der Waals surface area contributed by atoms with Crippen molar-refractivity contribution >= 4 is 17.6 Å². The van der Waals surface area contributed by atoms with Crippen molar-refractivity contribution in [2.45, 2.75) is 32.9 Å². The van der Waals surface area contributed by atoms with Crippen molar-refractivity contribution in [3.63, 3.8) is 0 Å². The fraction of sp³-hybridized carbons (Fsp3) is 0.261. The van der Waals surface area contributed by atoms with E-state index in [1.807, 2.05) is 6.92 Å². The van der Waals surface area contributed by atoms with Gasteiger partial charge in [-0.1, -0.05) is 12.1 Å². The predicted molar refractivity (Wildman–Crippen MR) is 113 cm³/mol. The second kappa shape index (κ2) is 8.59. The van der Waals surface area contributed by atoms with Gasteiger partial charge < -0.3 is 4.90 Å². The van der Waals surface area contributed by atoms with Gasteiger partial charge in [0.15, 0.2) is 0 Å². The van der Waals surface area contributed by atoms with E-state index >= 15 is 0 Å². The van der Waals surface area contributed by atoms with Crippen LogP contribution in [0.5, 0.6) is 0 Å². The van der Waals surface area contributed by atoms with Crippen molar-refractivity contribution in [3.8, 4) is 0 Å². The Morgan fingerprint density at radius 1 is 1.16 bits per heavy atom. The molecule has 0 radical (unpaired) electrons. The minimum atomic E-state index is -0.323. The smallest absolute Gasteiger partial charge is 0.255 e. The van der Waals surface area contributed by atoms with E-state index in [1.165, 1.54) is 23.2 Å². The molecule has 3 aromatic rings. The summed E-state index contributed by atoms with van der Waals surface area (Å²) in [7, 11) is 1.68. The molecule has 2 aromatic heterocycles. The average molecular weight is 419 g/mol. The molecule has 0 aliphatic carbocycles. The molecule has 8 heteroatoms. The number of hydrogen-bond donors (Lipinski definition) is 0. The van der Waals surface area contributed by atoms with Crippen LogP contribution >= 0.6 is 0 Å². The molecule has 0 unspecified atom stereocenters. The normalized spacial score (nSPS) is 13.1. The van der Waals surface area contributed by atoms with E-state index in [9.17, 15) is 14.0 Å². The first-order valence-electron chi connectivity index (χ1n) is 9.99. The Balaban J connectivity index is 1.61. The molecule has 0 bridgehead atoms. The van der Waals surface area contributed by atoms with Crippen LogP contribution in [-0.2, 0) is 24.3 Å². The molecule has 158 valence electrons. The van der Waals surface area contributed by atoms with Crippen LogP contribution in [-0.4, -0.2) is 38.7 Å². The van der Waals surface area contributed by atoms with Crippen LogP contribution in [0.4, 0.5) is 10.2 Å². The van der Waals surface area contributed by atoms with Gasteiger partial charge in [0, 0.05) is 37.1 Å². The number of nitrogens with zero attached hydrogens (tertiary/aromatic N) is 5. The molecule has 1 aromatic carbocycles. The monoisotopic (exact) mass is 419 g/mol. The molecular formula is C23H22FN5O2. The van der Waals surface area contributed by atoms with E-state index in [4.69, 9.17) is 0 Å². The molecule has 4 rings (SSSR count). The van der Waals surface area contributed by atoms with Crippen LogP contribution in [0.15, 0.2) is 48.8 Å². The fourth-order valence-corrected chi connectivity index (χ4v) is 3.64. The Labute approximate surface area is 179 Å². The minimum Gasteiger partial charge on any atom is -0.334 e. The Morgan fingerprint density at radius 2 is 1.94 bits per heavy atom. The van der Waals surface area contributed by atoms with Crippen molar-refractivity contribution in [1.82, 2.24) is 19.9 Å². The standard InChI is InChI=1S/C23H22FN5O2/c1-15-19-9-10-21(30)29(13-16-5-7-18(24)8-6-16)22(19)27-20(26-15)14-28(2)23(31)17-4-3-11-25-12-17/h3-8,11-12H,9-10,13-14H2,1-2H3. The van der Waals surface area contributed by atoms with Crippen LogP contribution in [0, 0.1) is 12.7 Å². The maximum absolute atomic E-state index is 13.3. The van der Waals surface area contributed by atoms with E-state index < -0.39 is 0 Å². The highest BCUT2D eigenvalue weighted by Gasteiger charge is 2.28. The van der Waals surface area contributed by atoms with Gasteiger partial charge in [-0.15, -0.1) is 0 Å². The van der Waals surface area contributed by atoms with Gasteiger partial charge in [0.05, 0.1) is 18.7 Å². The highest BCUT2D eigenvalue weighted by atomic mass is 19.1. The molecule has 0 saturated heterocycles. The van der Waals surface area contributed by atoms with Gasteiger partial charge in [0.2, 0.25) is 5.91 Å². The van der Waals surface area contributed by atoms with Gasteiger partial charge in [-0.05, 0) is 43.2 Å². The van der Waals surface area contributed by atoms with Crippen molar-refractivity contribution in [2.24, 2.45) is 0 Å². The van der Waals surface area contributed by atoms with Gasteiger partial charge in [-0.25, -0.2) is 14.4 Å². The van der Waals surface area contributed by atoms with Gasteiger partial charge in [-0.2, -0.15) is 0 Å². The van der Waals surface area contributed by atoms with Crippen molar-refractivity contribution in [1.29, 1.82) is 0 Å². The van der Waals surface area contributed by atoms with E-state index in [-0.39, 0.29) is 24.2 Å². The summed E-state index contributed by atoms with van der Waals surface area (Å²) in [5, 5.41) is 0. The molecule has 31 heavy (non-hydrogen) atoms. The average Bonchev–Trinajstić information content (AvgIpc) is 2.77. The van der Waals surface area contributed by atoms with E-state index in [2.05, 4.69) is 15.0 Å². The van der Waals surface area contributed by atoms with Gasteiger partial charge >= 0.3 is 0 Å². The summed E-state index contributed by atoms with van der Waals surface area (Å²) in [5.41, 5.74) is 3.00. The molecular weight excluding hydrogens is 397 g/mol. The minimum absolute atomic E-state index is 0.0411. The lowest BCUT2D eigenvalue weighted by atomic mass is 10.0. The number of benzene rings is 1. The number of halogens is 1. The van der Waals surface area contributed by atoms with E-state index in [0.717, 1.165) is 16.8 Å². The number of carbonyl (C=O) groups excluding carboxylic acids is 2. The van der Waals surface area contributed by atoms with Crippen molar-refractivity contribution in [3.05, 3.63) is 82.8 Å². The van der Waals surface area contributed by atoms with E-state index in [1.54, 1.807) is 42.4 Å². The quantitative estimate of drug-likeness (QED) is 0.635. The van der Waals surface area contributed by atoms with Gasteiger partial charge in [0.1, 0.15) is 17.5 Å². The second-order valence-corrected chi connectivity index (χ2v) is 7.54. The Morgan fingerprint density at radius 3 is 2.65 bits per heavy atom. The number of aryl methyl sites for hydroxylation is 1. The van der Waals surface area contributed by atoms with Gasteiger partial charge in [0.25, 0.3) is 5.91 Å². The Kier molecular flexibility index (Phi) is 5.70. The molecule has 0 N–H and O–H groups in total. The van der Waals surface area contributed by atoms with Crippen LogP contribution < -0.4 is 4.90 Å². The number of pyridine rings is 1. The third kappa shape index (κ3) is 4.42. The summed E-state index contributed by atoms with van der Waals surface area (Å²) >= 11 is 0. The molecule has 2 amide bonds. The summed E-state index contributed by atoms with van der Waals surface area (Å²) in [6, 6.07) is 9.48. The first-order chi connectivity index (χ1) is 14.9. The third-order valence-corrected chi connectivity index (χ3v) is 5.27. The number of aromatic nitrogens is 3. The molecule has 1 aliphatic rings. The topological polar surface area (TPSA) is 79.3 Å². The first-order valence-corrected chi connectivity index (χ1v) is 9.99. The SMILES string of the molecule is Cc1nc(CN(C)C(=O)c2cccnc2)nc2c1CCC(=O)N2Cc1ccc(F)cc1. The van der Waals surface area contributed by atoms with Gasteiger partial charge in [-0.3, -0.25) is 19.5 Å². The molecule has 1 aliphatic heterocycles. The molecule has 0 spiro atoms. The summed E-state index contributed by atoms with van der Waals surface area (Å²) in [4.78, 5) is 41.7. The highest BCUT2D eigenvalue weighted by Crippen LogP contribution is 2.29. The zero-order chi connectivity index (χ0) is 22.0. The van der Waals surface area contributed by atoms with Crippen molar-refractivity contribution < 1.29 is 14.0 Å². The maximum atomic E-state index is 13.3. The van der Waals surface area contributed by atoms with Crippen LogP contribution in [0.3, 0.4) is 0 Å². The first kappa shape index (κ1) is 20.6. The molecule has 0 saturated carbocycles. The third-order valence-electron chi connectivity index (χ3n) is 5.27. The van der Waals surface area contributed by atoms with Crippen LogP contribution in [0.1, 0.15) is 39.4 Å². The Bertz CT molecular complexity index is 1120. The van der Waals surface area contributed by atoms with Crippen molar-refractivity contribution in [2.75, 3.05) is 11.9 Å².